The minimum atomic E-state index is -0.219. The molecular formula is C12H17NO3. The summed E-state index contributed by atoms with van der Waals surface area (Å²) in [7, 11) is 2.99. The molecule has 0 aromatic heterocycles. The van der Waals surface area contributed by atoms with E-state index in [-0.39, 0.29) is 12.5 Å². The van der Waals surface area contributed by atoms with E-state index in [9.17, 15) is 4.79 Å². The van der Waals surface area contributed by atoms with Crippen LogP contribution in [0.25, 0.3) is 0 Å². The number of hydrogen-bond acceptors (Lipinski definition) is 3. The average molecular weight is 223 g/mol. The number of rotatable bonds is 4. The zero-order valence-corrected chi connectivity index (χ0v) is 10.1. The molecule has 0 saturated heterocycles. The van der Waals surface area contributed by atoms with Gasteiger partial charge in [-0.05, 0) is 31.0 Å². The molecule has 4 heteroatoms. The lowest BCUT2D eigenvalue weighted by Gasteiger charge is -2.15. The Morgan fingerprint density at radius 1 is 1.38 bits per heavy atom. The van der Waals surface area contributed by atoms with Crippen molar-refractivity contribution >= 4 is 5.91 Å². The first kappa shape index (κ1) is 12.5. The SMILES string of the molecule is CON(C)C(=O)COc1cccc(C)c1C. The van der Waals surface area contributed by atoms with Crippen LogP contribution in [0.15, 0.2) is 18.2 Å². The highest BCUT2D eigenvalue weighted by Crippen LogP contribution is 2.20. The fraction of sp³-hybridized carbons (Fsp3) is 0.417. The van der Waals surface area contributed by atoms with E-state index in [2.05, 4.69) is 0 Å². The van der Waals surface area contributed by atoms with Gasteiger partial charge >= 0.3 is 0 Å². The molecule has 4 nitrogen and oxygen atoms in total. The van der Waals surface area contributed by atoms with Gasteiger partial charge in [0.1, 0.15) is 5.75 Å². The molecule has 1 aromatic rings. The number of ether oxygens (including phenoxy) is 1. The summed E-state index contributed by atoms with van der Waals surface area (Å²) in [6.07, 6.45) is 0. The lowest BCUT2D eigenvalue weighted by Crippen LogP contribution is -2.30. The molecule has 0 aliphatic heterocycles. The minimum absolute atomic E-state index is 0.0192. The number of likely N-dealkylation sites (N-methyl/N-ethyl adjacent to an activating group) is 1. The van der Waals surface area contributed by atoms with Gasteiger partial charge in [-0.15, -0.1) is 0 Å². The summed E-state index contributed by atoms with van der Waals surface area (Å²) in [5.74, 6) is 0.515. The Morgan fingerprint density at radius 3 is 2.69 bits per heavy atom. The summed E-state index contributed by atoms with van der Waals surface area (Å²) < 4.78 is 5.43. The van der Waals surface area contributed by atoms with Crippen LogP contribution in [0, 0.1) is 13.8 Å². The molecule has 16 heavy (non-hydrogen) atoms. The quantitative estimate of drug-likeness (QED) is 0.729. The maximum Gasteiger partial charge on any atom is 0.283 e. The third kappa shape index (κ3) is 2.97. The molecular weight excluding hydrogens is 206 g/mol. The Hall–Kier alpha value is -1.55. The second kappa shape index (κ2) is 5.51. The Balaban J connectivity index is 2.61. The van der Waals surface area contributed by atoms with Crippen molar-refractivity contribution in [2.45, 2.75) is 13.8 Å². The molecule has 0 aliphatic carbocycles. The largest absolute Gasteiger partial charge is 0.483 e. The summed E-state index contributed by atoms with van der Waals surface area (Å²) >= 11 is 0. The predicted molar refractivity (Wildman–Crippen MR) is 61.2 cm³/mol. The third-order valence-corrected chi connectivity index (χ3v) is 2.53. The summed E-state index contributed by atoms with van der Waals surface area (Å²) in [6.45, 7) is 3.95. The molecule has 1 rings (SSSR count). The average Bonchev–Trinajstić information content (AvgIpc) is 2.29. The standard InChI is InChI=1S/C12H17NO3/c1-9-6-5-7-11(10(9)2)16-8-12(14)13(3)15-4/h5-7H,8H2,1-4H3. The van der Waals surface area contributed by atoms with E-state index in [4.69, 9.17) is 9.57 Å². The van der Waals surface area contributed by atoms with Crippen molar-refractivity contribution < 1.29 is 14.4 Å². The van der Waals surface area contributed by atoms with Crippen LogP contribution >= 0.6 is 0 Å². The van der Waals surface area contributed by atoms with E-state index in [1.807, 2.05) is 32.0 Å². The molecule has 0 unspecified atom stereocenters. The predicted octanol–water partition coefficient (Wildman–Crippen LogP) is 1.70. The van der Waals surface area contributed by atoms with E-state index in [1.165, 1.54) is 7.11 Å². The summed E-state index contributed by atoms with van der Waals surface area (Å²) in [4.78, 5) is 16.2. The first-order chi connectivity index (χ1) is 7.56. The normalized spacial score (nSPS) is 10.0. The smallest absolute Gasteiger partial charge is 0.283 e. The van der Waals surface area contributed by atoms with Crippen LogP contribution < -0.4 is 4.74 Å². The zero-order chi connectivity index (χ0) is 12.1. The number of nitrogens with zero attached hydrogens (tertiary/aromatic N) is 1. The maximum absolute atomic E-state index is 11.4. The van der Waals surface area contributed by atoms with E-state index in [1.54, 1.807) is 7.05 Å². The molecule has 0 radical (unpaired) electrons. The monoisotopic (exact) mass is 223 g/mol. The Labute approximate surface area is 95.7 Å². The molecule has 0 fully saturated rings. The van der Waals surface area contributed by atoms with Crippen LogP contribution in [0.2, 0.25) is 0 Å². The zero-order valence-electron chi connectivity index (χ0n) is 10.1. The third-order valence-electron chi connectivity index (χ3n) is 2.53. The van der Waals surface area contributed by atoms with E-state index in [0.717, 1.165) is 21.9 Å². The Morgan fingerprint density at radius 2 is 2.06 bits per heavy atom. The van der Waals surface area contributed by atoms with Crippen molar-refractivity contribution in [2.24, 2.45) is 0 Å². The number of hydroxylamine groups is 2. The second-order valence-corrected chi connectivity index (χ2v) is 3.56. The highest BCUT2D eigenvalue weighted by atomic mass is 16.7. The summed E-state index contributed by atoms with van der Waals surface area (Å²) in [5.41, 5.74) is 2.19. The number of hydrogen-bond donors (Lipinski definition) is 0. The van der Waals surface area contributed by atoms with Gasteiger partial charge in [-0.1, -0.05) is 12.1 Å². The topological polar surface area (TPSA) is 38.8 Å². The lowest BCUT2D eigenvalue weighted by molar-refractivity contribution is -0.170. The number of aryl methyl sites for hydroxylation is 1. The van der Waals surface area contributed by atoms with E-state index in [0.29, 0.717) is 0 Å². The van der Waals surface area contributed by atoms with Crippen molar-refractivity contribution in [1.82, 2.24) is 5.06 Å². The van der Waals surface area contributed by atoms with Crippen LogP contribution in [0.3, 0.4) is 0 Å². The van der Waals surface area contributed by atoms with Crippen molar-refractivity contribution in [1.29, 1.82) is 0 Å². The fourth-order valence-electron chi connectivity index (χ4n) is 1.21. The molecule has 0 bridgehead atoms. The first-order valence-corrected chi connectivity index (χ1v) is 5.06. The number of carbonyl (C=O) groups is 1. The van der Waals surface area contributed by atoms with Crippen LogP contribution in [-0.4, -0.2) is 31.7 Å². The van der Waals surface area contributed by atoms with Gasteiger partial charge < -0.3 is 4.74 Å². The van der Waals surface area contributed by atoms with Crippen molar-refractivity contribution in [2.75, 3.05) is 20.8 Å². The Bertz CT molecular complexity index is 377. The highest BCUT2D eigenvalue weighted by Gasteiger charge is 2.09. The van der Waals surface area contributed by atoms with Gasteiger partial charge in [0, 0.05) is 7.05 Å². The van der Waals surface area contributed by atoms with Gasteiger partial charge in [0.25, 0.3) is 5.91 Å². The van der Waals surface area contributed by atoms with Crippen LogP contribution in [0.1, 0.15) is 11.1 Å². The van der Waals surface area contributed by atoms with Crippen molar-refractivity contribution in [3.8, 4) is 5.75 Å². The van der Waals surface area contributed by atoms with E-state index >= 15 is 0 Å². The lowest BCUT2D eigenvalue weighted by atomic mass is 10.1. The molecule has 0 atom stereocenters. The summed E-state index contributed by atoms with van der Waals surface area (Å²) in [5, 5.41) is 1.14. The first-order valence-electron chi connectivity index (χ1n) is 5.06. The van der Waals surface area contributed by atoms with Crippen LogP contribution in [-0.2, 0) is 9.63 Å². The number of benzene rings is 1. The molecule has 0 saturated carbocycles. The van der Waals surface area contributed by atoms with Crippen LogP contribution in [0.4, 0.5) is 0 Å². The minimum Gasteiger partial charge on any atom is -0.483 e. The van der Waals surface area contributed by atoms with Crippen molar-refractivity contribution in [3.05, 3.63) is 29.3 Å². The molecule has 0 heterocycles. The van der Waals surface area contributed by atoms with Gasteiger partial charge in [0.2, 0.25) is 0 Å². The Kier molecular flexibility index (Phi) is 4.31. The molecule has 0 aliphatic rings. The fourth-order valence-corrected chi connectivity index (χ4v) is 1.21. The molecule has 88 valence electrons. The maximum atomic E-state index is 11.4. The number of carbonyl (C=O) groups excluding carboxylic acids is 1. The van der Waals surface area contributed by atoms with Gasteiger partial charge in [0.15, 0.2) is 6.61 Å². The highest BCUT2D eigenvalue weighted by molar-refractivity contribution is 5.76. The second-order valence-electron chi connectivity index (χ2n) is 3.56. The van der Waals surface area contributed by atoms with Gasteiger partial charge in [-0.3, -0.25) is 9.63 Å². The molecule has 1 aromatic carbocycles. The molecule has 0 N–H and O–H groups in total. The van der Waals surface area contributed by atoms with Gasteiger partial charge in [0.05, 0.1) is 7.11 Å². The number of amides is 1. The van der Waals surface area contributed by atoms with Crippen molar-refractivity contribution in [3.63, 3.8) is 0 Å². The van der Waals surface area contributed by atoms with Gasteiger partial charge in [-0.2, -0.15) is 0 Å². The summed E-state index contributed by atoms with van der Waals surface area (Å²) in [6, 6.07) is 5.76. The molecule has 1 amide bonds. The van der Waals surface area contributed by atoms with E-state index < -0.39 is 0 Å². The van der Waals surface area contributed by atoms with Gasteiger partial charge in [-0.25, -0.2) is 5.06 Å². The molecule has 0 spiro atoms. The van der Waals surface area contributed by atoms with Crippen LogP contribution in [0.5, 0.6) is 5.75 Å².